The van der Waals surface area contributed by atoms with Crippen LogP contribution in [0.5, 0.6) is 0 Å². The summed E-state index contributed by atoms with van der Waals surface area (Å²) >= 11 is 5.31. The van der Waals surface area contributed by atoms with Crippen LogP contribution in [0.15, 0.2) is 18.6 Å². The lowest BCUT2D eigenvalue weighted by Gasteiger charge is -2.27. The van der Waals surface area contributed by atoms with Crippen LogP contribution >= 0.6 is 12.2 Å². The maximum absolute atomic E-state index is 11.8. The van der Waals surface area contributed by atoms with Gasteiger partial charge in [-0.15, -0.1) is 0 Å². The van der Waals surface area contributed by atoms with E-state index in [2.05, 4.69) is 20.3 Å². The van der Waals surface area contributed by atoms with Crippen LogP contribution in [-0.4, -0.2) is 51.0 Å². The first kappa shape index (κ1) is 12.7. The van der Waals surface area contributed by atoms with Crippen LogP contribution in [0.25, 0.3) is 0 Å². The number of nitrogens with one attached hydrogen (secondary N) is 1. The number of amides is 1. The fourth-order valence-corrected chi connectivity index (χ4v) is 2.02. The van der Waals surface area contributed by atoms with Crippen molar-refractivity contribution in [2.24, 2.45) is 0 Å². The van der Waals surface area contributed by atoms with Crippen LogP contribution < -0.4 is 5.43 Å². The molecule has 0 atom stereocenters. The van der Waals surface area contributed by atoms with Crippen molar-refractivity contribution in [2.45, 2.75) is 12.8 Å². The summed E-state index contributed by atoms with van der Waals surface area (Å²) in [6.07, 6.45) is 6.71. The molecule has 1 saturated heterocycles. The minimum atomic E-state index is -0.313. The Balaban J connectivity index is 1.92. The molecule has 1 amide bonds. The molecule has 0 bridgehead atoms. The summed E-state index contributed by atoms with van der Waals surface area (Å²) in [5, 5.41) is 2.18. The molecule has 0 radical (unpaired) electrons. The molecule has 0 aromatic carbocycles. The van der Waals surface area contributed by atoms with E-state index in [-0.39, 0.29) is 11.6 Å². The maximum atomic E-state index is 11.8. The largest absolute Gasteiger partial charge is 0.348 e. The lowest BCUT2D eigenvalue weighted by molar-refractivity contribution is 0.0875. The number of thiocarbonyl (C=S) groups is 1. The first-order valence-electron chi connectivity index (χ1n) is 5.78. The van der Waals surface area contributed by atoms with Crippen molar-refractivity contribution < 1.29 is 4.79 Å². The third-order valence-electron chi connectivity index (χ3n) is 2.73. The van der Waals surface area contributed by atoms with E-state index in [0.29, 0.717) is 5.11 Å². The summed E-state index contributed by atoms with van der Waals surface area (Å²) in [5.41, 5.74) is 2.95. The van der Waals surface area contributed by atoms with Gasteiger partial charge in [-0.25, -0.2) is 4.98 Å². The summed E-state index contributed by atoms with van der Waals surface area (Å²) in [5.74, 6) is -0.313. The van der Waals surface area contributed by atoms with Gasteiger partial charge in [0.25, 0.3) is 5.91 Å². The van der Waals surface area contributed by atoms with Crippen LogP contribution in [0.2, 0.25) is 0 Å². The van der Waals surface area contributed by atoms with Gasteiger partial charge < -0.3 is 4.90 Å². The lowest BCUT2D eigenvalue weighted by Crippen LogP contribution is -2.49. The van der Waals surface area contributed by atoms with E-state index in [1.165, 1.54) is 18.6 Å². The molecule has 96 valence electrons. The van der Waals surface area contributed by atoms with Crippen molar-refractivity contribution in [1.82, 2.24) is 25.3 Å². The SMILES string of the molecule is CN(NC(=O)c1cnccn1)C(=S)N1CCCC1. The van der Waals surface area contributed by atoms with Gasteiger partial charge in [0.2, 0.25) is 0 Å². The molecule has 2 rings (SSSR count). The third kappa shape index (κ3) is 2.92. The first-order chi connectivity index (χ1) is 8.68. The number of rotatable bonds is 1. The smallest absolute Gasteiger partial charge is 0.290 e. The molecule has 7 heteroatoms. The summed E-state index contributed by atoms with van der Waals surface area (Å²) in [4.78, 5) is 21.7. The third-order valence-corrected chi connectivity index (χ3v) is 3.26. The van der Waals surface area contributed by atoms with Crippen molar-refractivity contribution in [1.29, 1.82) is 0 Å². The zero-order valence-electron chi connectivity index (χ0n) is 10.2. The number of hydrazine groups is 1. The van der Waals surface area contributed by atoms with Crippen molar-refractivity contribution in [3.05, 3.63) is 24.3 Å². The predicted octanol–water partition coefficient (Wildman–Crippen LogP) is 0.434. The van der Waals surface area contributed by atoms with E-state index in [1.54, 1.807) is 12.1 Å². The Kier molecular flexibility index (Phi) is 4.03. The Hall–Kier alpha value is -1.76. The predicted molar refractivity (Wildman–Crippen MR) is 70.7 cm³/mol. The standard InChI is InChI=1S/C11H15N5OS/c1-15(11(18)16-6-2-3-7-16)14-10(17)9-8-12-4-5-13-9/h4-5,8H,2-3,6-7H2,1H3,(H,14,17). The molecule has 0 aliphatic carbocycles. The Morgan fingerprint density at radius 3 is 2.78 bits per heavy atom. The second-order valence-corrected chi connectivity index (χ2v) is 4.43. The fourth-order valence-electron chi connectivity index (χ4n) is 1.79. The van der Waals surface area contributed by atoms with E-state index in [4.69, 9.17) is 12.2 Å². The van der Waals surface area contributed by atoms with Crippen molar-refractivity contribution in [2.75, 3.05) is 20.1 Å². The molecule has 18 heavy (non-hydrogen) atoms. The quantitative estimate of drug-likeness (QED) is 0.587. The summed E-state index contributed by atoms with van der Waals surface area (Å²) in [6.45, 7) is 1.90. The highest BCUT2D eigenvalue weighted by molar-refractivity contribution is 7.80. The van der Waals surface area contributed by atoms with Gasteiger partial charge in [0.1, 0.15) is 5.69 Å². The molecular formula is C11H15N5OS. The topological polar surface area (TPSA) is 61.4 Å². The molecule has 1 fully saturated rings. The zero-order valence-corrected chi connectivity index (χ0v) is 11.0. The Morgan fingerprint density at radius 1 is 1.44 bits per heavy atom. The van der Waals surface area contributed by atoms with Crippen molar-refractivity contribution in [3.8, 4) is 0 Å². The van der Waals surface area contributed by atoms with Gasteiger partial charge in [-0.1, -0.05) is 0 Å². The van der Waals surface area contributed by atoms with Gasteiger partial charge in [-0.05, 0) is 25.1 Å². The monoisotopic (exact) mass is 265 g/mol. The molecule has 0 unspecified atom stereocenters. The lowest BCUT2D eigenvalue weighted by atomic mass is 10.4. The van der Waals surface area contributed by atoms with Crippen LogP contribution in [0.1, 0.15) is 23.3 Å². The molecule has 1 aliphatic rings. The van der Waals surface area contributed by atoms with Gasteiger partial charge in [-0.3, -0.25) is 20.2 Å². The van der Waals surface area contributed by atoms with E-state index in [0.717, 1.165) is 25.9 Å². The molecular weight excluding hydrogens is 250 g/mol. The number of likely N-dealkylation sites (tertiary alicyclic amines) is 1. The first-order valence-corrected chi connectivity index (χ1v) is 6.19. The van der Waals surface area contributed by atoms with Crippen molar-refractivity contribution >= 4 is 23.2 Å². The highest BCUT2D eigenvalue weighted by Gasteiger charge is 2.19. The highest BCUT2D eigenvalue weighted by Crippen LogP contribution is 2.09. The van der Waals surface area contributed by atoms with E-state index < -0.39 is 0 Å². The molecule has 0 spiro atoms. The van der Waals surface area contributed by atoms with E-state index >= 15 is 0 Å². The van der Waals surface area contributed by atoms with E-state index in [1.807, 2.05) is 0 Å². The number of nitrogens with zero attached hydrogens (tertiary/aromatic N) is 4. The number of carbonyl (C=O) groups excluding carboxylic acids is 1. The van der Waals surface area contributed by atoms with Crippen LogP contribution in [0.4, 0.5) is 0 Å². The number of hydrogen-bond acceptors (Lipinski definition) is 4. The molecule has 2 heterocycles. The summed E-state index contributed by atoms with van der Waals surface area (Å²) in [6, 6.07) is 0. The van der Waals surface area contributed by atoms with Gasteiger partial charge >= 0.3 is 0 Å². The Labute approximate surface area is 111 Å². The van der Waals surface area contributed by atoms with Gasteiger partial charge in [0.15, 0.2) is 5.11 Å². The molecule has 1 aromatic heterocycles. The second kappa shape index (κ2) is 5.72. The van der Waals surface area contributed by atoms with E-state index in [9.17, 15) is 4.79 Å². The molecule has 6 nitrogen and oxygen atoms in total. The zero-order chi connectivity index (χ0) is 13.0. The molecule has 0 saturated carbocycles. The number of hydrogen-bond donors (Lipinski definition) is 1. The van der Waals surface area contributed by atoms with Gasteiger partial charge in [-0.2, -0.15) is 0 Å². The second-order valence-electron chi connectivity index (χ2n) is 4.07. The number of aromatic nitrogens is 2. The summed E-state index contributed by atoms with van der Waals surface area (Å²) < 4.78 is 0. The highest BCUT2D eigenvalue weighted by atomic mass is 32.1. The Morgan fingerprint density at radius 2 is 2.17 bits per heavy atom. The fraction of sp³-hybridized carbons (Fsp3) is 0.455. The maximum Gasteiger partial charge on any atom is 0.290 e. The molecule has 1 aromatic rings. The minimum absolute atomic E-state index is 0.272. The average molecular weight is 265 g/mol. The molecule has 1 N–H and O–H groups in total. The van der Waals surface area contributed by atoms with Crippen LogP contribution in [0, 0.1) is 0 Å². The van der Waals surface area contributed by atoms with Crippen LogP contribution in [0.3, 0.4) is 0 Å². The Bertz CT molecular complexity index is 432. The minimum Gasteiger partial charge on any atom is -0.348 e. The van der Waals surface area contributed by atoms with Gasteiger partial charge in [0.05, 0.1) is 6.20 Å². The average Bonchev–Trinajstić information content (AvgIpc) is 2.92. The van der Waals surface area contributed by atoms with Gasteiger partial charge in [0, 0.05) is 32.5 Å². The normalized spacial score (nSPS) is 14.4. The van der Waals surface area contributed by atoms with Crippen LogP contribution in [-0.2, 0) is 0 Å². The van der Waals surface area contributed by atoms with Crippen molar-refractivity contribution in [3.63, 3.8) is 0 Å². The molecule has 1 aliphatic heterocycles. The number of carbonyl (C=O) groups is 1. The summed E-state index contributed by atoms with van der Waals surface area (Å²) in [7, 11) is 1.73.